The summed E-state index contributed by atoms with van der Waals surface area (Å²) in [5.74, 6) is 0.574. The molecule has 0 amide bonds. The molecule has 21 heavy (non-hydrogen) atoms. The van der Waals surface area contributed by atoms with Crippen molar-refractivity contribution in [1.29, 1.82) is 0 Å². The molecule has 0 saturated carbocycles. The molecule has 4 heteroatoms. The first kappa shape index (κ1) is 14.2. The van der Waals surface area contributed by atoms with Crippen LogP contribution in [0.5, 0.6) is 0 Å². The van der Waals surface area contributed by atoms with Crippen LogP contribution in [0, 0.1) is 5.41 Å². The van der Waals surface area contributed by atoms with E-state index in [1.165, 1.54) is 41.3 Å². The number of aromatic nitrogens is 1. The van der Waals surface area contributed by atoms with E-state index in [2.05, 4.69) is 26.1 Å². The molecule has 0 spiro atoms. The van der Waals surface area contributed by atoms with Gasteiger partial charge in [-0.15, -0.1) is 11.3 Å². The normalized spacial score (nSPS) is 36.9. The molecule has 116 valence electrons. The summed E-state index contributed by atoms with van der Waals surface area (Å²) in [6, 6.07) is 0.500. The quantitative estimate of drug-likeness (QED) is 0.922. The number of hydrogen-bond donors (Lipinski definition) is 1. The van der Waals surface area contributed by atoms with E-state index in [4.69, 9.17) is 9.72 Å². The molecule has 3 nitrogen and oxygen atoms in total. The molecule has 0 aromatic carbocycles. The van der Waals surface area contributed by atoms with Crippen molar-refractivity contribution in [2.24, 2.45) is 5.41 Å². The van der Waals surface area contributed by atoms with Crippen LogP contribution >= 0.6 is 11.3 Å². The van der Waals surface area contributed by atoms with Crippen molar-refractivity contribution in [2.75, 3.05) is 6.54 Å². The Kier molecular flexibility index (Phi) is 3.40. The number of thiazole rings is 1. The molecule has 2 aliphatic heterocycles. The van der Waals surface area contributed by atoms with E-state index < -0.39 is 0 Å². The fourth-order valence-corrected chi connectivity index (χ4v) is 5.74. The number of nitrogens with zero attached hydrogens (tertiary/aromatic N) is 1. The highest BCUT2D eigenvalue weighted by Gasteiger charge is 2.44. The van der Waals surface area contributed by atoms with Gasteiger partial charge in [0.05, 0.1) is 22.9 Å². The van der Waals surface area contributed by atoms with Crippen molar-refractivity contribution >= 4 is 11.3 Å². The minimum absolute atomic E-state index is 0.358. The van der Waals surface area contributed by atoms with Gasteiger partial charge in [-0.1, -0.05) is 20.8 Å². The van der Waals surface area contributed by atoms with E-state index in [9.17, 15) is 0 Å². The SMILES string of the molecule is CCNC1CC(C)(C)Cc2nc(C3CC4CCC3O4)sc21. The lowest BCUT2D eigenvalue weighted by molar-refractivity contribution is 0.100. The van der Waals surface area contributed by atoms with Gasteiger partial charge in [-0.3, -0.25) is 0 Å². The highest BCUT2D eigenvalue weighted by atomic mass is 32.1. The zero-order chi connectivity index (χ0) is 14.6. The molecule has 1 aliphatic carbocycles. The molecule has 2 saturated heterocycles. The van der Waals surface area contributed by atoms with E-state index >= 15 is 0 Å². The Morgan fingerprint density at radius 3 is 2.90 bits per heavy atom. The molecule has 4 rings (SSSR count). The summed E-state index contributed by atoms with van der Waals surface area (Å²) >= 11 is 1.97. The zero-order valence-corrected chi connectivity index (χ0v) is 14.1. The summed E-state index contributed by atoms with van der Waals surface area (Å²) in [7, 11) is 0. The second kappa shape index (κ2) is 5.04. The standard InChI is InChI=1S/C17H26N2OS/c1-4-18-12-8-17(2,3)9-13-15(12)21-16(19-13)11-7-10-5-6-14(11)20-10/h10-12,14,18H,4-9H2,1-3H3. The van der Waals surface area contributed by atoms with Crippen LogP contribution in [-0.2, 0) is 11.2 Å². The van der Waals surface area contributed by atoms with Crippen molar-refractivity contribution in [3.63, 3.8) is 0 Å². The largest absolute Gasteiger partial charge is 0.374 e. The molecule has 3 heterocycles. The predicted octanol–water partition coefficient (Wildman–Crippen LogP) is 3.80. The van der Waals surface area contributed by atoms with Crippen LogP contribution in [0.1, 0.15) is 74.0 Å². The summed E-state index contributed by atoms with van der Waals surface area (Å²) in [6.45, 7) is 7.98. The number of ether oxygens (including phenoxy) is 1. The van der Waals surface area contributed by atoms with Crippen LogP contribution in [0.4, 0.5) is 0 Å². The molecule has 1 aromatic rings. The molecule has 1 aromatic heterocycles. The van der Waals surface area contributed by atoms with E-state index in [1.54, 1.807) is 0 Å². The molecule has 4 atom stereocenters. The molecule has 0 radical (unpaired) electrons. The second-order valence-electron chi connectivity index (χ2n) is 7.73. The second-order valence-corrected chi connectivity index (χ2v) is 8.80. The van der Waals surface area contributed by atoms with Gasteiger partial charge in [-0.25, -0.2) is 4.98 Å². The zero-order valence-electron chi connectivity index (χ0n) is 13.3. The monoisotopic (exact) mass is 306 g/mol. The first-order chi connectivity index (χ1) is 10.1. The Labute approximate surface area is 131 Å². The number of hydrogen-bond acceptors (Lipinski definition) is 4. The van der Waals surface area contributed by atoms with Crippen molar-refractivity contribution in [3.05, 3.63) is 15.6 Å². The first-order valence-corrected chi connectivity index (χ1v) is 9.26. The highest BCUT2D eigenvalue weighted by Crippen LogP contribution is 2.49. The number of rotatable bonds is 3. The van der Waals surface area contributed by atoms with Gasteiger partial charge < -0.3 is 10.1 Å². The fourth-order valence-electron chi connectivity index (χ4n) is 4.42. The maximum Gasteiger partial charge on any atom is 0.0989 e. The van der Waals surface area contributed by atoms with Crippen LogP contribution in [-0.4, -0.2) is 23.7 Å². The van der Waals surface area contributed by atoms with Gasteiger partial charge in [-0.2, -0.15) is 0 Å². The summed E-state index contributed by atoms with van der Waals surface area (Å²) in [4.78, 5) is 6.59. The van der Waals surface area contributed by atoms with Crippen LogP contribution in [0.3, 0.4) is 0 Å². The highest BCUT2D eigenvalue weighted by molar-refractivity contribution is 7.12. The third-order valence-corrected chi connectivity index (χ3v) is 6.68. The smallest absolute Gasteiger partial charge is 0.0989 e. The van der Waals surface area contributed by atoms with Gasteiger partial charge >= 0.3 is 0 Å². The third kappa shape index (κ3) is 2.45. The van der Waals surface area contributed by atoms with Crippen molar-refractivity contribution in [2.45, 2.75) is 77.0 Å². The maximum absolute atomic E-state index is 6.04. The van der Waals surface area contributed by atoms with Crippen LogP contribution in [0.15, 0.2) is 0 Å². The van der Waals surface area contributed by atoms with Gasteiger partial charge in [0.1, 0.15) is 0 Å². The lowest BCUT2D eigenvalue weighted by atomic mass is 9.76. The summed E-state index contributed by atoms with van der Waals surface area (Å²) in [5.41, 5.74) is 1.72. The Hall–Kier alpha value is -0.450. The van der Waals surface area contributed by atoms with Crippen molar-refractivity contribution in [1.82, 2.24) is 10.3 Å². The number of nitrogens with one attached hydrogen (secondary N) is 1. The van der Waals surface area contributed by atoms with Gasteiger partial charge in [0.2, 0.25) is 0 Å². The molecule has 1 N–H and O–H groups in total. The van der Waals surface area contributed by atoms with Crippen LogP contribution in [0.25, 0.3) is 0 Å². The van der Waals surface area contributed by atoms with Crippen LogP contribution in [0.2, 0.25) is 0 Å². The van der Waals surface area contributed by atoms with Crippen molar-refractivity contribution < 1.29 is 4.74 Å². The van der Waals surface area contributed by atoms with Crippen molar-refractivity contribution in [3.8, 4) is 0 Å². The fraction of sp³-hybridized carbons (Fsp3) is 0.824. The Morgan fingerprint density at radius 2 is 2.24 bits per heavy atom. The van der Waals surface area contributed by atoms with E-state index in [1.807, 2.05) is 11.3 Å². The van der Waals surface area contributed by atoms with Gasteiger partial charge in [-0.05, 0) is 44.1 Å². The van der Waals surface area contributed by atoms with Gasteiger partial charge in [0.25, 0.3) is 0 Å². The molecule has 3 aliphatic rings. The van der Waals surface area contributed by atoms with E-state index in [0.29, 0.717) is 29.6 Å². The average Bonchev–Trinajstić information content (AvgIpc) is 3.10. The van der Waals surface area contributed by atoms with Gasteiger partial charge in [0, 0.05) is 16.8 Å². The third-order valence-electron chi connectivity index (χ3n) is 5.34. The maximum atomic E-state index is 6.04. The van der Waals surface area contributed by atoms with E-state index in [-0.39, 0.29) is 0 Å². The van der Waals surface area contributed by atoms with Crippen LogP contribution < -0.4 is 5.32 Å². The topological polar surface area (TPSA) is 34.2 Å². The summed E-state index contributed by atoms with van der Waals surface area (Å²) < 4.78 is 6.04. The molecule has 4 unspecified atom stereocenters. The lowest BCUT2D eigenvalue weighted by Gasteiger charge is -2.34. The molecule has 2 fully saturated rings. The minimum atomic E-state index is 0.358. The lowest BCUT2D eigenvalue weighted by Crippen LogP contribution is -2.32. The molecule has 2 bridgehead atoms. The minimum Gasteiger partial charge on any atom is -0.374 e. The first-order valence-electron chi connectivity index (χ1n) is 8.44. The summed E-state index contributed by atoms with van der Waals surface area (Å²) in [6.07, 6.45) is 7.02. The summed E-state index contributed by atoms with van der Waals surface area (Å²) in [5, 5.41) is 5.03. The Morgan fingerprint density at radius 1 is 1.38 bits per heavy atom. The Balaban J connectivity index is 1.64. The molecular weight excluding hydrogens is 280 g/mol. The van der Waals surface area contributed by atoms with E-state index in [0.717, 1.165) is 13.0 Å². The molecular formula is C17H26N2OS. The Bertz CT molecular complexity index is 539. The average molecular weight is 306 g/mol. The predicted molar refractivity (Wildman–Crippen MR) is 85.9 cm³/mol. The van der Waals surface area contributed by atoms with Gasteiger partial charge in [0.15, 0.2) is 0 Å². The number of fused-ring (bicyclic) bond motifs is 3.